The van der Waals surface area contributed by atoms with Crippen LogP contribution in [0.1, 0.15) is 12.0 Å². The third-order valence-corrected chi connectivity index (χ3v) is 5.40. The van der Waals surface area contributed by atoms with E-state index < -0.39 is 0 Å². The molecule has 5 heteroatoms. The van der Waals surface area contributed by atoms with Gasteiger partial charge < -0.3 is 0 Å². The summed E-state index contributed by atoms with van der Waals surface area (Å²) < 4.78 is 1.78. The molecule has 0 amide bonds. The van der Waals surface area contributed by atoms with Gasteiger partial charge in [-0.15, -0.1) is 11.8 Å². The van der Waals surface area contributed by atoms with Gasteiger partial charge in [-0.25, -0.2) is 0 Å². The summed E-state index contributed by atoms with van der Waals surface area (Å²) in [6, 6.07) is 0. The number of aryl methyl sites for hydroxylation is 2. The zero-order valence-electron chi connectivity index (χ0n) is 9.39. The first-order valence-corrected chi connectivity index (χ1v) is 7.65. The molecule has 0 radical (unpaired) electrons. The smallest absolute Gasteiger partial charge is 0.146 e. The molecular formula is C11H16N2OS2. The number of hydrogen-bond donors (Lipinski definition) is 0. The average Bonchev–Trinajstić information content (AvgIpc) is 2.73. The van der Waals surface area contributed by atoms with Crippen molar-refractivity contribution in [3.63, 3.8) is 0 Å². The van der Waals surface area contributed by atoms with Gasteiger partial charge in [0.15, 0.2) is 0 Å². The van der Waals surface area contributed by atoms with E-state index in [1.165, 1.54) is 5.75 Å². The van der Waals surface area contributed by atoms with Crippen molar-refractivity contribution in [2.75, 3.05) is 17.3 Å². The molecule has 0 bridgehead atoms. The Kier molecular flexibility index (Phi) is 4.35. The Morgan fingerprint density at radius 3 is 3.12 bits per heavy atom. The number of ketones is 1. The van der Waals surface area contributed by atoms with E-state index in [1.807, 2.05) is 43.0 Å². The van der Waals surface area contributed by atoms with E-state index >= 15 is 0 Å². The highest BCUT2D eigenvalue weighted by molar-refractivity contribution is 8.07. The molecule has 0 N–H and O–H groups in total. The molecule has 1 aliphatic rings. The van der Waals surface area contributed by atoms with Crippen LogP contribution in [-0.2, 0) is 18.3 Å². The van der Waals surface area contributed by atoms with Gasteiger partial charge in [-0.05, 0) is 12.0 Å². The Bertz CT molecular complexity index is 359. The number of Topliss-reactive ketones (excluding diaryl/α,β-unsaturated/α-hetero) is 1. The highest BCUT2D eigenvalue weighted by Gasteiger charge is 2.21. The second-order valence-electron chi connectivity index (χ2n) is 3.92. The zero-order chi connectivity index (χ0) is 11.4. The van der Waals surface area contributed by atoms with Gasteiger partial charge in [0.2, 0.25) is 0 Å². The number of carbonyl (C=O) groups excluding carboxylic acids is 1. The van der Waals surface area contributed by atoms with Crippen LogP contribution < -0.4 is 0 Å². The van der Waals surface area contributed by atoms with Gasteiger partial charge in [0.1, 0.15) is 5.78 Å². The molecule has 1 saturated heterocycles. The van der Waals surface area contributed by atoms with Crippen LogP contribution in [0.5, 0.6) is 0 Å². The van der Waals surface area contributed by atoms with E-state index in [9.17, 15) is 4.79 Å². The third kappa shape index (κ3) is 3.28. The Labute approximate surface area is 104 Å². The lowest BCUT2D eigenvalue weighted by atomic mass is 10.1. The topological polar surface area (TPSA) is 34.9 Å². The summed E-state index contributed by atoms with van der Waals surface area (Å²) in [5, 5.41) is 4.33. The Morgan fingerprint density at radius 1 is 1.62 bits per heavy atom. The molecular weight excluding hydrogens is 240 g/mol. The normalized spacial score (nSPS) is 20.9. The van der Waals surface area contributed by atoms with Crippen molar-refractivity contribution in [2.45, 2.75) is 18.1 Å². The van der Waals surface area contributed by atoms with E-state index in [2.05, 4.69) is 5.10 Å². The number of aromatic nitrogens is 2. The van der Waals surface area contributed by atoms with Gasteiger partial charge >= 0.3 is 0 Å². The van der Waals surface area contributed by atoms with Crippen molar-refractivity contribution in [1.82, 2.24) is 9.78 Å². The van der Waals surface area contributed by atoms with Crippen molar-refractivity contribution in [1.29, 1.82) is 0 Å². The molecule has 1 unspecified atom stereocenters. The van der Waals surface area contributed by atoms with Crippen molar-refractivity contribution in [3.05, 3.63) is 18.0 Å². The summed E-state index contributed by atoms with van der Waals surface area (Å²) in [4.78, 5) is 11.9. The molecule has 0 aliphatic carbocycles. The quantitative estimate of drug-likeness (QED) is 0.822. The molecule has 0 aromatic carbocycles. The lowest BCUT2D eigenvalue weighted by molar-refractivity contribution is -0.118. The minimum absolute atomic E-state index is 0.232. The van der Waals surface area contributed by atoms with E-state index in [0.717, 1.165) is 23.5 Å². The summed E-state index contributed by atoms with van der Waals surface area (Å²) in [7, 11) is 1.90. The van der Waals surface area contributed by atoms with E-state index in [-0.39, 0.29) is 5.25 Å². The van der Waals surface area contributed by atoms with Crippen LogP contribution >= 0.6 is 23.5 Å². The number of nitrogens with zero attached hydrogens (tertiary/aromatic N) is 2. The SMILES string of the molecule is Cn1cc(CCC(=O)C2CSCCS2)cn1. The van der Waals surface area contributed by atoms with Gasteiger partial charge in [0.25, 0.3) is 0 Å². The summed E-state index contributed by atoms with van der Waals surface area (Å²) in [5.74, 6) is 3.71. The van der Waals surface area contributed by atoms with Crippen molar-refractivity contribution in [2.24, 2.45) is 7.05 Å². The van der Waals surface area contributed by atoms with Gasteiger partial charge in [-0.3, -0.25) is 9.48 Å². The Balaban J connectivity index is 1.78. The van der Waals surface area contributed by atoms with E-state index in [0.29, 0.717) is 12.2 Å². The monoisotopic (exact) mass is 256 g/mol. The lowest BCUT2D eigenvalue weighted by Gasteiger charge is -2.19. The highest BCUT2D eigenvalue weighted by Crippen LogP contribution is 2.25. The molecule has 0 saturated carbocycles. The predicted molar refractivity (Wildman–Crippen MR) is 70.1 cm³/mol. The molecule has 2 heterocycles. The second-order valence-corrected chi connectivity index (χ2v) is 6.38. The fourth-order valence-electron chi connectivity index (χ4n) is 1.70. The first kappa shape index (κ1) is 12.0. The van der Waals surface area contributed by atoms with E-state index in [4.69, 9.17) is 0 Å². The number of hydrogen-bond acceptors (Lipinski definition) is 4. The van der Waals surface area contributed by atoms with Gasteiger partial charge in [-0.1, -0.05) is 0 Å². The predicted octanol–water partition coefficient (Wildman–Crippen LogP) is 1.77. The molecule has 2 rings (SSSR count). The van der Waals surface area contributed by atoms with Gasteiger partial charge in [-0.2, -0.15) is 16.9 Å². The fraction of sp³-hybridized carbons (Fsp3) is 0.636. The van der Waals surface area contributed by atoms with Gasteiger partial charge in [0.05, 0.1) is 11.4 Å². The average molecular weight is 256 g/mol. The summed E-state index contributed by atoms with van der Waals surface area (Å²) in [5.41, 5.74) is 1.16. The number of carbonyl (C=O) groups is 1. The summed E-state index contributed by atoms with van der Waals surface area (Å²) in [6.07, 6.45) is 5.31. The van der Waals surface area contributed by atoms with Crippen LogP contribution in [0.25, 0.3) is 0 Å². The minimum Gasteiger partial charge on any atom is -0.298 e. The van der Waals surface area contributed by atoms with Crippen LogP contribution in [0, 0.1) is 0 Å². The minimum atomic E-state index is 0.232. The second kappa shape index (κ2) is 5.77. The maximum Gasteiger partial charge on any atom is 0.146 e. The highest BCUT2D eigenvalue weighted by atomic mass is 32.2. The Hall–Kier alpha value is -0.420. The molecule has 88 valence electrons. The molecule has 1 aliphatic heterocycles. The first-order chi connectivity index (χ1) is 7.75. The molecule has 1 aromatic heterocycles. The molecule has 0 spiro atoms. The number of rotatable bonds is 4. The molecule has 1 aromatic rings. The Morgan fingerprint density at radius 2 is 2.50 bits per heavy atom. The van der Waals surface area contributed by atoms with Gasteiger partial charge in [0, 0.05) is 36.9 Å². The van der Waals surface area contributed by atoms with Crippen LogP contribution in [0.3, 0.4) is 0 Å². The third-order valence-electron chi connectivity index (χ3n) is 2.59. The van der Waals surface area contributed by atoms with Crippen molar-refractivity contribution in [3.8, 4) is 0 Å². The summed E-state index contributed by atoms with van der Waals surface area (Å²) >= 11 is 3.72. The van der Waals surface area contributed by atoms with Crippen LogP contribution in [-0.4, -0.2) is 38.1 Å². The van der Waals surface area contributed by atoms with Crippen molar-refractivity contribution >= 4 is 29.3 Å². The molecule has 1 atom stereocenters. The maximum absolute atomic E-state index is 11.9. The van der Waals surface area contributed by atoms with Crippen LogP contribution in [0.4, 0.5) is 0 Å². The zero-order valence-corrected chi connectivity index (χ0v) is 11.0. The van der Waals surface area contributed by atoms with Crippen LogP contribution in [0.2, 0.25) is 0 Å². The molecule has 16 heavy (non-hydrogen) atoms. The number of thioether (sulfide) groups is 2. The largest absolute Gasteiger partial charge is 0.298 e. The van der Waals surface area contributed by atoms with Crippen LogP contribution in [0.15, 0.2) is 12.4 Å². The summed E-state index contributed by atoms with van der Waals surface area (Å²) in [6.45, 7) is 0. The lowest BCUT2D eigenvalue weighted by Crippen LogP contribution is -2.24. The van der Waals surface area contributed by atoms with Crippen molar-refractivity contribution < 1.29 is 4.79 Å². The first-order valence-electron chi connectivity index (χ1n) is 5.45. The fourth-order valence-corrected chi connectivity index (χ4v) is 4.39. The van der Waals surface area contributed by atoms with E-state index in [1.54, 1.807) is 4.68 Å². The molecule has 1 fully saturated rings. The maximum atomic E-state index is 11.9. The standard InChI is InChI=1S/C11H16N2OS2/c1-13-7-9(6-12-13)2-3-10(14)11-8-15-4-5-16-11/h6-7,11H,2-5,8H2,1H3. The molecule has 3 nitrogen and oxygen atoms in total.